The minimum absolute atomic E-state index is 0.214. The van der Waals surface area contributed by atoms with Gasteiger partial charge in [0.05, 0.1) is 7.11 Å². The number of carbonyl (C=O) groups is 2. The van der Waals surface area contributed by atoms with Crippen LogP contribution in [-0.4, -0.2) is 41.7 Å². The van der Waals surface area contributed by atoms with E-state index in [1.165, 1.54) is 7.11 Å². The standard InChI is InChI=1S/C28H29N3O5/c1-18-10-12-21(13-11-18)31-26(32)17-36-27-19(6-5-9-25(27)35-2)15-30-24(28(33)34)14-20-16-29-23-8-4-3-7-22(20)23/h3-13,16,24,29-30H,14-15,17H2,1-2H3,(H,31,32)(H,33,34). The zero-order valence-corrected chi connectivity index (χ0v) is 20.2. The van der Waals surface area contributed by atoms with Crippen molar-refractivity contribution >= 4 is 28.5 Å². The number of aromatic nitrogens is 1. The Morgan fingerprint density at radius 3 is 2.53 bits per heavy atom. The maximum atomic E-state index is 12.4. The molecule has 1 atom stereocenters. The van der Waals surface area contributed by atoms with Crippen LogP contribution in [-0.2, 0) is 22.6 Å². The van der Waals surface area contributed by atoms with Gasteiger partial charge in [0.2, 0.25) is 0 Å². The van der Waals surface area contributed by atoms with Crippen LogP contribution in [0.25, 0.3) is 10.9 Å². The van der Waals surface area contributed by atoms with Crippen molar-refractivity contribution < 1.29 is 24.2 Å². The molecule has 0 fully saturated rings. The molecular weight excluding hydrogens is 458 g/mol. The van der Waals surface area contributed by atoms with Crippen molar-refractivity contribution in [2.24, 2.45) is 0 Å². The number of aromatic amines is 1. The van der Waals surface area contributed by atoms with Crippen molar-refractivity contribution in [3.8, 4) is 11.5 Å². The number of carbonyl (C=O) groups excluding carboxylic acids is 1. The minimum Gasteiger partial charge on any atom is -0.493 e. The molecule has 0 bridgehead atoms. The smallest absolute Gasteiger partial charge is 0.321 e. The summed E-state index contributed by atoms with van der Waals surface area (Å²) in [5.41, 5.74) is 4.34. The number of amides is 1. The molecule has 0 spiro atoms. The van der Waals surface area contributed by atoms with Gasteiger partial charge in [0.1, 0.15) is 6.04 Å². The predicted octanol–water partition coefficient (Wildman–Crippen LogP) is 4.29. The van der Waals surface area contributed by atoms with Crippen molar-refractivity contribution in [1.82, 2.24) is 10.3 Å². The molecule has 0 saturated carbocycles. The number of ether oxygens (including phenoxy) is 2. The lowest BCUT2D eigenvalue weighted by molar-refractivity contribution is -0.139. The highest BCUT2D eigenvalue weighted by Gasteiger charge is 2.21. The lowest BCUT2D eigenvalue weighted by Crippen LogP contribution is -2.38. The van der Waals surface area contributed by atoms with Crippen LogP contribution in [0.4, 0.5) is 5.69 Å². The molecule has 0 saturated heterocycles. The van der Waals surface area contributed by atoms with Crippen molar-refractivity contribution in [2.75, 3.05) is 19.0 Å². The molecule has 4 N–H and O–H groups in total. The number of carboxylic acids is 1. The molecule has 36 heavy (non-hydrogen) atoms. The third-order valence-electron chi connectivity index (χ3n) is 5.90. The van der Waals surface area contributed by atoms with E-state index >= 15 is 0 Å². The van der Waals surface area contributed by atoms with E-state index in [1.54, 1.807) is 12.1 Å². The van der Waals surface area contributed by atoms with Crippen LogP contribution in [0.1, 0.15) is 16.7 Å². The molecule has 4 aromatic rings. The van der Waals surface area contributed by atoms with Gasteiger partial charge in [-0.25, -0.2) is 0 Å². The lowest BCUT2D eigenvalue weighted by Gasteiger charge is -2.18. The van der Waals surface area contributed by atoms with Gasteiger partial charge < -0.3 is 24.9 Å². The van der Waals surface area contributed by atoms with Gasteiger partial charge in [-0.3, -0.25) is 14.9 Å². The van der Waals surface area contributed by atoms with E-state index in [0.29, 0.717) is 29.2 Å². The summed E-state index contributed by atoms with van der Waals surface area (Å²) >= 11 is 0. The SMILES string of the molecule is COc1cccc(CNC(Cc2c[nH]c3ccccc23)C(=O)O)c1OCC(=O)Nc1ccc(C)cc1. The zero-order valence-electron chi connectivity index (χ0n) is 20.2. The summed E-state index contributed by atoms with van der Waals surface area (Å²) in [6.45, 7) is 1.96. The van der Waals surface area contributed by atoms with Gasteiger partial charge in [-0.2, -0.15) is 0 Å². The number of carboxylic acid groups (broad SMARTS) is 1. The fourth-order valence-electron chi connectivity index (χ4n) is 4.00. The monoisotopic (exact) mass is 487 g/mol. The predicted molar refractivity (Wildman–Crippen MR) is 139 cm³/mol. The molecule has 1 unspecified atom stereocenters. The van der Waals surface area contributed by atoms with Gasteiger partial charge in [0.15, 0.2) is 18.1 Å². The van der Waals surface area contributed by atoms with Crippen LogP contribution in [0.15, 0.2) is 72.9 Å². The van der Waals surface area contributed by atoms with E-state index in [9.17, 15) is 14.7 Å². The average Bonchev–Trinajstić information content (AvgIpc) is 3.29. The Kier molecular flexibility index (Phi) is 7.87. The Morgan fingerprint density at radius 1 is 1.00 bits per heavy atom. The quantitative estimate of drug-likeness (QED) is 0.251. The first-order chi connectivity index (χ1) is 17.4. The number of nitrogens with one attached hydrogen (secondary N) is 3. The number of hydrogen-bond donors (Lipinski definition) is 4. The summed E-state index contributed by atoms with van der Waals surface area (Å²) in [6, 6.07) is 19.8. The summed E-state index contributed by atoms with van der Waals surface area (Å²) in [4.78, 5) is 27.7. The molecule has 0 radical (unpaired) electrons. The van der Waals surface area contributed by atoms with Crippen LogP contribution < -0.4 is 20.1 Å². The molecule has 0 aliphatic heterocycles. The maximum Gasteiger partial charge on any atom is 0.321 e. The van der Waals surface area contributed by atoms with Gasteiger partial charge in [0, 0.05) is 41.3 Å². The van der Waals surface area contributed by atoms with E-state index < -0.39 is 12.0 Å². The number of aliphatic carboxylic acids is 1. The Balaban J connectivity index is 1.44. The number of fused-ring (bicyclic) bond motifs is 1. The molecule has 3 aromatic carbocycles. The molecule has 4 rings (SSSR count). The van der Waals surface area contributed by atoms with Gasteiger partial charge in [0.25, 0.3) is 5.91 Å². The second-order valence-electron chi connectivity index (χ2n) is 8.49. The second-order valence-corrected chi connectivity index (χ2v) is 8.49. The Bertz CT molecular complexity index is 1350. The number of para-hydroxylation sites is 2. The third-order valence-corrected chi connectivity index (χ3v) is 5.90. The zero-order chi connectivity index (χ0) is 25.5. The van der Waals surface area contributed by atoms with Crippen molar-refractivity contribution in [1.29, 1.82) is 0 Å². The van der Waals surface area contributed by atoms with Crippen molar-refractivity contribution in [2.45, 2.75) is 25.9 Å². The third kappa shape index (κ3) is 6.03. The van der Waals surface area contributed by atoms with Crippen molar-refractivity contribution in [3.05, 3.63) is 89.6 Å². The van der Waals surface area contributed by atoms with Gasteiger partial charge >= 0.3 is 5.97 Å². The maximum absolute atomic E-state index is 12.4. The van der Waals surface area contributed by atoms with Gasteiger partial charge in [-0.05, 0) is 36.8 Å². The molecule has 0 aliphatic carbocycles. The van der Waals surface area contributed by atoms with E-state index in [1.807, 2.05) is 67.7 Å². The highest BCUT2D eigenvalue weighted by atomic mass is 16.5. The topological polar surface area (TPSA) is 113 Å². The average molecular weight is 488 g/mol. The number of anilines is 1. The minimum atomic E-state index is -0.955. The number of aryl methyl sites for hydroxylation is 1. The van der Waals surface area contributed by atoms with Crippen LogP contribution in [0.3, 0.4) is 0 Å². The fraction of sp³-hybridized carbons (Fsp3) is 0.214. The largest absolute Gasteiger partial charge is 0.493 e. The van der Waals surface area contributed by atoms with E-state index in [4.69, 9.17) is 9.47 Å². The number of H-pyrrole nitrogens is 1. The molecule has 1 amide bonds. The van der Waals surface area contributed by atoms with E-state index in [-0.39, 0.29) is 19.1 Å². The summed E-state index contributed by atoms with van der Waals surface area (Å²) in [5, 5.41) is 16.8. The Hall–Kier alpha value is -4.30. The Morgan fingerprint density at radius 2 is 1.78 bits per heavy atom. The first-order valence-corrected chi connectivity index (χ1v) is 11.6. The first-order valence-electron chi connectivity index (χ1n) is 11.6. The number of benzene rings is 3. The molecule has 0 aliphatic rings. The Labute approximate surface area is 209 Å². The summed E-state index contributed by atoms with van der Waals surface area (Å²) in [7, 11) is 1.52. The summed E-state index contributed by atoms with van der Waals surface area (Å²) in [5.74, 6) is -0.418. The number of rotatable bonds is 11. The number of methoxy groups -OCH3 is 1. The highest BCUT2D eigenvalue weighted by Crippen LogP contribution is 2.31. The number of hydrogen-bond acceptors (Lipinski definition) is 5. The summed E-state index contributed by atoms with van der Waals surface area (Å²) in [6.07, 6.45) is 2.15. The van der Waals surface area contributed by atoms with Crippen molar-refractivity contribution in [3.63, 3.8) is 0 Å². The molecule has 1 aromatic heterocycles. The second kappa shape index (κ2) is 11.4. The van der Waals surface area contributed by atoms with Gasteiger partial charge in [-0.1, -0.05) is 48.0 Å². The summed E-state index contributed by atoms with van der Waals surface area (Å²) < 4.78 is 11.3. The molecule has 8 heteroatoms. The molecule has 186 valence electrons. The molecular formula is C28H29N3O5. The van der Waals surface area contributed by atoms with Gasteiger partial charge in [-0.15, -0.1) is 0 Å². The highest BCUT2D eigenvalue weighted by molar-refractivity contribution is 5.92. The molecule has 1 heterocycles. The van der Waals surface area contributed by atoms with Crippen LogP contribution in [0.5, 0.6) is 11.5 Å². The van der Waals surface area contributed by atoms with Crippen LogP contribution in [0.2, 0.25) is 0 Å². The lowest BCUT2D eigenvalue weighted by atomic mass is 10.0. The van der Waals surface area contributed by atoms with Crippen LogP contribution >= 0.6 is 0 Å². The normalized spacial score (nSPS) is 11.7. The molecule has 8 nitrogen and oxygen atoms in total. The fourth-order valence-corrected chi connectivity index (χ4v) is 4.00. The van der Waals surface area contributed by atoms with E-state index in [0.717, 1.165) is 22.0 Å². The van der Waals surface area contributed by atoms with E-state index in [2.05, 4.69) is 15.6 Å². The van der Waals surface area contributed by atoms with Crippen LogP contribution in [0, 0.1) is 6.92 Å². The first kappa shape index (κ1) is 24.8.